The van der Waals surface area contributed by atoms with E-state index >= 15 is 0 Å². The molecular weight excluding hydrogens is 1020 g/mol. The summed E-state index contributed by atoms with van der Waals surface area (Å²) in [5.41, 5.74) is 16.2. The summed E-state index contributed by atoms with van der Waals surface area (Å²) in [6, 6.07) is 108. The summed E-state index contributed by atoms with van der Waals surface area (Å²) in [4.78, 5) is 3.38. The van der Waals surface area contributed by atoms with E-state index in [0.717, 1.165) is 4.47 Å². The Bertz CT molecular complexity index is 4780. The lowest BCUT2D eigenvalue weighted by Crippen LogP contribution is -1.96. The third kappa shape index (κ3) is 8.62. The molecule has 3 heteroatoms. The van der Waals surface area contributed by atoms with Gasteiger partial charge in [0.2, 0.25) is 0 Å². The number of halogens is 1. The normalized spacial score (nSPS) is 11.4. The van der Waals surface area contributed by atoms with Crippen LogP contribution in [0.3, 0.4) is 0 Å². The van der Waals surface area contributed by atoms with Crippen molar-refractivity contribution in [2.45, 2.75) is 0 Å². The van der Waals surface area contributed by atoms with Crippen LogP contribution in [-0.4, -0.2) is 9.55 Å². The number of fused-ring (bicyclic) bond motifs is 10. The van der Waals surface area contributed by atoms with Crippen molar-refractivity contribution in [2.24, 2.45) is 0 Å². The van der Waals surface area contributed by atoms with E-state index in [0.29, 0.717) is 0 Å². The Morgan fingerprint density at radius 2 is 0.519 bits per heavy atom. The van der Waals surface area contributed by atoms with E-state index in [1.807, 2.05) is 0 Å². The lowest BCUT2D eigenvalue weighted by molar-refractivity contribution is 1.19. The number of aromatic amines is 1. The van der Waals surface area contributed by atoms with Gasteiger partial charge in [0.1, 0.15) is 0 Å². The highest BCUT2D eigenvalue weighted by atomic mass is 79.9. The Morgan fingerprint density at radius 1 is 0.228 bits per heavy atom. The fourth-order valence-corrected chi connectivity index (χ4v) is 12.5. The van der Waals surface area contributed by atoms with Crippen molar-refractivity contribution in [3.63, 3.8) is 0 Å². The molecule has 0 saturated heterocycles. The Morgan fingerprint density at radius 3 is 0.924 bits per heavy atom. The van der Waals surface area contributed by atoms with Crippen molar-refractivity contribution in [1.82, 2.24) is 9.55 Å². The summed E-state index contributed by atoms with van der Waals surface area (Å²) >= 11 is 3.68. The standard InChI is InChI=1S/C38H25N.C26H17Br.C12H9N/c1-3-13-26(14-4-1)37-31-19-7-8-20-32(31)38(27-15-5-2-6-16-27)34-25-28(23-24-33(34)37)39-35-21-11-9-17-29(35)30-18-10-12-22-36(30)39;27-20-15-16-23-24(17-20)26(19-11-5-2-6-12-19)22-14-8-7-13-21(22)25(23)18-9-3-1-4-10-18;1-3-7-11-9(5-1)10-6-2-4-8-12(10)13-11/h1-25H;1-17H;1-8,13H. The number of nitrogens with one attached hydrogen (secondary N) is 1. The van der Waals surface area contributed by atoms with Crippen molar-refractivity contribution in [2.75, 3.05) is 0 Å². The quantitative estimate of drug-likeness (QED) is 0.166. The molecule has 16 rings (SSSR count). The highest BCUT2D eigenvalue weighted by Crippen LogP contribution is 2.46. The van der Waals surface area contributed by atoms with Gasteiger partial charge in [0.05, 0.1) is 11.0 Å². The van der Waals surface area contributed by atoms with Gasteiger partial charge in [0, 0.05) is 42.7 Å². The number of para-hydroxylation sites is 4. The van der Waals surface area contributed by atoms with Crippen molar-refractivity contribution < 1.29 is 0 Å². The fraction of sp³-hybridized carbons (Fsp3) is 0. The molecule has 2 nitrogen and oxygen atoms in total. The first-order valence-electron chi connectivity index (χ1n) is 26.9. The van der Waals surface area contributed by atoms with E-state index < -0.39 is 0 Å². The lowest BCUT2D eigenvalue weighted by Gasteiger charge is -2.19. The van der Waals surface area contributed by atoms with Crippen molar-refractivity contribution in [3.05, 3.63) is 308 Å². The fourth-order valence-electron chi connectivity index (χ4n) is 12.1. The third-order valence-electron chi connectivity index (χ3n) is 15.5. The topological polar surface area (TPSA) is 20.7 Å². The molecule has 79 heavy (non-hydrogen) atoms. The number of benzene rings is 14. The summed E-state index contributed by atoms with van der Waals surface area (Å²) in [6.07, 6.45) is 0. The molecule has 14 aromatic carbocycles. The molecule has 0 radical (unpaired) electrons. The second-order valence-electron chi connectivity index (χ2n) is 20.1. The van der Waals surface area contributed by atoms with Gasteiger partial charge in [-0.3, -0.25) is 0 Å². The summed E-state index contributed by atoms with van der Waals surface area (Å²) in [6.45, 7) is 0. The average molecular weight is 1070 g/mol. The van der Waals surface area contributed by atoms with Crippen LogP contribution < -0.4 is 0 Å². The van der Waals surface area contributed by atoms with Crippen LogP contribution in [0.2, 0.25) is 0 Å². The van der Waals surface area contributed by atoms with Crippen molar-refractivity contribution in [1.29, 1.82) is 0 Å². The molecule has 16 aromatic rings. The van der Waals surface area contributed by atoms with Crippen LogP contribution in [-0.2, 0) is 0 Å². The smallest absolute Gasteiger partial charge is 0.0541 e. The molecule has 0 aliphatic rings. The van der Waals surface area contributed by atoms with Gasteiger partial charge in [0.15, 0.2) is 0 Å². The maximum absolute atomic E-state index is 3.68. The molecule has 1 N–H and O–H groups in total. The zero-order chi connectivity index (χ0) is 52.7. The summed E-state index contributed by atoms with van der Waals surface area (Å²) in [5.74, 6) is 0. The Labute approximate surface area is 467 Å². The van der Waals surface area contributed by atoms with Gasteiger partial charge in [-0.25, -0.2) is 0 Å². The van der Waals surface area contributed by atoms with Crippen molar-refractivity contribution in [3.8, 4) is 50.2 Å². The summed E-state index contributed by atoms with van der Waals surface area (Å²) in [7, 11) is 0. The second kappa shape index (κ2) is 20.6. The Balaban J connectivity index is 0.000000121. The second-order valence-corrected chi connectivity index (χ2v) is 21.0. The van der Waals surface area contributed by atoms with E-state index in [9.17, 15) is 0 Å². The molecule has 0 atom stereocenters. The third-order valence-corrected chi connectivity index (χ3v) is 16.0. The van der Waals surface area contributed by atoms with Gasteiger partial charge in [-0.15, -0.1) is 0 Å². The van der Waals surface area contributed by atoms with Crippen LogP contribution in [0.15, 0.2) is 308 Å². The zero-order valence-corrected chi connectivity index (χ0v) is 44.8. The molecule has 0 unspecified atom stereocenters. The van der Waals surface area contributed by atoms with E-state index in [1.165, 1.54) is 137 Å². The predicted octanol–water partition coefficient (Wildman–Crippen LogP) is 21.8. The molecule has 2 heterocycles. The molecule has 0 spiro atoms. The number of nitrogens with zero attached hydrogens (tertiary/aromatic N) is 1. The van der Waals surface area contributed by atoms with E-state index in [4.69, 9.17) is 0 Å². The lowest BCUT2D eigenvalue weighted by atomic mass is 9.86. The maximum Gasteiger partial charge on any atom is 0.0541 e. The number of aromatic nitrogens is 2. The highest BCUT2D eigenvalue weighted by Gasteiger charge is 2.20. The molecule has 0 aliphatic carbocycles. The molecule has 0 amide bonds. The molecule has 0 aliphatic heterocycles. The first kappa shape index (κ1) is 47.6. The van der Waals surface area contributed by atoms with E-state index in [1.54, 1.807) is 0 Å². The predicted molar refractivity (Wildman–Crippen MR) is 342 cm³/mol. The highest BCUT2D eigenvalue weighted by molar-refractivity contribution is 9.10. The first-order valence-corrected chi connectivity index (χ1v) is 27.7. The number of hydrogen-bond acceptors (Lipinski definition) is 0. The first-order chi connectivity index (χ1) is 39.2. The largest absolute Gasteiger partial charge is 0.355 e. The summed E-state index contributed by atoms with van der Waals surface area (Å²) in [5, 5.41) is 15.4. The van der Waals surface area contributed by atoms with Crippen LogP contribution in [0.1, 0.15) is 0 Å². The monoisotopic (exact) mass is 1070 g/mol. The van der Waals surface area contributed by atoms with Gasteiger partial charge in [0.25, 0.3) is 0 Å². The maximum atomic E-state index is 3.68. The van der Waals surface area contributed by atoms with Crippen LogP contribution in [0.25, 0.3) is 137 Å². The molecule has 2 aromatic heterocycles. The van der Waals surface area contributed by atoms with Crippen molar-refractivity contribution >= 4 is 103 Å². The van der Waals surface area contributed by atoms with E-state index in [-0.39, 0.29) is 0 Å². The van der Waals surface area contributed by atoms with Crippen LogP contribution in [0, 0.1) is 0 Å². The Kier molecular flexibility index (Phi) is 12.4. The molecule has 0 saturated carbocycles. The minimum atomic E-state index is 1.10. The Hall–Kier alpha value is -9.80. The zero-order valence-electron chi connectivity index (χ0n) is 43.2. The van der Waals surface area contributed by atoms with Gasteiger partial charge < -0.3 is 9.55 Å². The van der Waals surface area contributed by atoms with Gasteiger partial charge in [-0.2, -0.15) is 0 Å². The number of hydrogen-bond donors (Lipinski definition) is 1. The molecule has 372 valence electrons. The molecular formula is C76H51BrN2. The van der Waals surface area contributed by atoms with E-state index in [2.05, 4.69) is 329 Å². The van der Waals surface area contributed by atoms with Crippen LogP contribution >= 0.6 is 15.9 Å². The van der Waals surface area contributed by atoms with Gasteiger partial charge >= 0.3 is 0 Å². The van der Waals surface area contributed by atoms with Crippen LogP contribution in [0.5, 0.6) is 0 Å². The minimum absolute atomic E-state index is 1.10. The van der Waals surface area contributed by atoms with Gasteiger partial charge in [-0.05, 0) is 136 Å². The van der Waals surface area contributed by atoms with Gasteiger partial charge in [-0.1, -0.05) is 271 Å². The molecule has 0 bridgehead atoms. The number of H-pyrrole nitrogens is 1. The SMILES string of the molecule is Brc1ccc2c(-c3ccccc3)c3ccccc3c(-c3ccccc3)c2c1.c1ccc(-c2c3ccccc3c(-c3ccccc3)c3cc(-n4c5ccccc5c5ccccc54)ccc23)cc1.c1ccc2c(c1)[nH]c1ccccc12. The molecule has 0 fully saturated rings. The average Bonchev–Trinajstić information content (AvgIpc) is 4.11. The summed E-state index contributed by atoms with van der Waals surface area (Å²) < 4.78 is 3.51. The minimum Gasteiger partial charge on any atom is -0.355 e. The number of rotatable bonds is 5. The van der Waals surface area contributed by atoms with Crippen LogP contribution in [0.4, 0.5) is 0 Å².